The number of ether oxygens (including phenoxy) is 2. The Balaban J connectivity index is 1.40. The number of carbonyl (C=O) groups is 1. The number of benzene rings is 2. The van der Waals surface area contributed by atoms with Gasteiger partial charge in [-0.05, 0) is 48.4 Å². The van der Waals surface area contributed by atoms with E-state index in [1.165, 1.54) is 5.56 Å². The van der Waals surface area contributed by atoms with Crippen LogP contribution in [0.3, 0.4) is 0 Å². The Morgan fingerprint density at radius 2 is 1.81 bits per heavy atom. The molecule has 4 nitrogen and oxygen atoms in total. The molecule has 0 unspecified atom stereocenters. The van der Waals surface area contributed by atoms with Crippen LogP contribution in [0, 0.1) is 12.8 Å². The largest absolute Gasteiger partial charge is 0.496 e. The van der Waals surface area contributed by atoms with E-state index in [-0.39, 0.29) is 5.91 Å². The van der Waals surface area contributed by atoms with E-state index < -0.39 is 0 Å². The Labute approximate surface area is 162 Å². The first-order valence-corrected chi connectivity index (χ1v) is 9.68. The van der Waals surface area contributed by atoms with Gasteiger partial charge in [-0.3, -0.25) is 4.79 Å². The van der Waals surface area contributed by atoms with Crippen LogP contribution in [0.25, 0.3) is 0 Å². The number of amides is 1. The summed E-state index contributed by atoms with van der Waals surface area (Å²) < 4.78 is 11.2. The first-order valence-electron chi connectivity index (χ1n) is 9.68. The van der Waals surface area contributed by atoms with Crippen LogP contribution >= 0.6 is 0 Å². The van der Waals surface area contributed by atoms with Gasteiger partial charge in [-0.1, -0.05) is 42.5 Å². The summed E-state index contributed by atoms with van der Waals surface area (Å²) in [6.45, 7) is 5.10. The zero-order valence-corrected chi connectivity index (χ0v) is 16.3. The molecule has 0 aromatic heterocycles. The summed E-state index contributed by atoms with van der Waals surface area (Å²) in [5.41, 5.74) is 3.32. The first kappa shape index (κ1) is 19.4. The minimum atomic E-state index is 0.211. The van der Waals surface area contributed by atoms with Crippen LogP contribution in [0.2, 0.25) is 0 Å². The summed E-state index contributed by atoms with van der Waals surface area (Å²) in [5.74, 6) is 1.62. The van der Waals surface area contributed by atoms with Crippen molar-refractivity contribution in [1.29, 1.82) is 0 Å². The van der Waals surface area contributed by atoms with Crippen molar-refractivity contribution in [1.82, 2.24) is 4.90 Å². The smallest absolute Gasteiger partial charge is 0.226 e. The number of carbonyl (C=O) groups excluding carboxylic acids is 1. The number of hydrogen-bond acceptors (Lipinski definition) is 3. The van der Waals surface area contributed by atoms with E-state index >= 15 is 0 Å². The fraction of sp³-hybridized carbons (Fsp3) is 0.435. The SMILES string of the molecule is COc1ccc(CC(=O)N2CCC(COCc3ccccc3)CC2)cc1C. The molecule has 1 aliphatic heterocycles. The second-order valence-corrected chi connectivity index (χ2v) is 7.31. The third-order valence-corrected chi connectivity index (χ3v) is 5.25. The maximum atomic E-state index is 12.6. The lowest BCUT2D eigenvalue weighted by Gasteiger charge is -2.32. The highest BCUT2D eigenvalue weighted by Gasteiger charge is 2.23. The standard InChI is InChI=1S/C23H29NO3/c1-18-14-21(8-9-22(18)26-2)15-23(25)24-12-10-20(11-13-24)17-27-16-19-6-4-3-5-7-19/h3-9,14,20H,10-13,15-17H2,1-2H3. The molecule has 0 saturated carbocycles. The average Bonchev–Trinajstić information content (AvgIpc) is 2.69. The predicted octanol–water partition coefficient (Wildman–Crippen LogP) is 4.00. The Kier molecular flexibility index (Phi) is 6.88. The number of hydrogen-bond donors (Lipinski definition) is 0. The van der Waals surface area contributed by atoms with Gasteiger partial charge in [-0.2, -0.15) is 0 Å². The van der Waals surface area contributed by atoms with Crippen molar-refractivity contribution in [2.45, 2.75) is 32.8 Å². The van der Waals surface area contributed by atoms with E-state index in [4.69, 9.17) is 9.47 Å². The van der Waals surface area contributed by atoms with Crippen molar-refractivity contribution in [2.24, 2.45) is 5.92 Å². The molecule has 0 aliphatic carbocycles. The van der Waals surface area contributed by atoms with Crippen molar-refractivity contribution in [3.8, 4) is 5.75 Å². The Bertz CT molecular complexity index is 737. The van der Waals surface area contributed by atoms with Crippen LogP contribution in [-0.2, 0) is 22.6 Å². The first-order chi connectivity index (χ1) is 13.2. The summed E-state index contributed by atoms with van der Waals surface area (Å²) in [7, 11) is 1.67. The highest BCUT2D eigenvalue weighted by atomic mass is 16.5. The third kappa shape index (κ3) is 5.57. The van der Waals surface area contributed by atoms with Crippen LogP contribution in [0.1, 0.15) is 29.5 Å². The molecule has 1 aliphatic rings. The molecule has 1 fully saturated rings. The Hall–Kier alpha value is -2.33. The van der Waals surface area contributed by atoms with E-state index in [9.17, 15) is 4.79 Å². The average molecular weight is 367 g/mol. The molecule has 1 amide bonds. The van der Waals surface area contributed by atoms with E-state index in [1.54, 1.807) is 7.11 Å². The summed E-state index contributed by atoms with van der Waals surface area (Å²) in [6.07, 6.45) is 2.49. The van der Waals surface area contributed by atoms with Gasteiger partial charge in [0.25, 0.3) is 0 Å². The normalized spacial score (nSPS) is 15.0. The zero-order valence-electron chi connectivity index (χ0n) is 16.3. The maximum Gasteiger partial charge on any atom is 0.226 e. The van der Waals surface area contributed by atoms with Gasteiger partial charge in [0, 0.05) is 19.7 Å². The van der Waals surface area contributed by atoms with Crippen LogP contribution in [-0.4, -0.2) is 37.6 Å². The lowest BCUT2D eigenvalue weighted by atomic mass is 9.97. The molecule has 1 saturated heterocycles. The molecule has 27 heavy (non-hydrogen) atoms. The number of likely N-dealkylation sites (tertiary alicyclic amines) is 1. The van der Waals surface area contributed by atoms with Gasteiger partial charge >= 0.3 is 0 Å². The second-order valence-electron chi connectivity index (χ2n) is 7.31. The quantitative estimate of drug-likeness (QED) is 0.742. The van der Waals surface area contributed by atoms with E-state index in [0.717, 1.165) is 49.4 Å². The predicted molar refractivity (Wildman–Crippen MR) is 107 cm³/mol. The van der Waals surface area contributed by atoms with Gasteiger partial charge in [0.1, 0.15) is 5.75 Å². The highest BCUT2D eigenvalue weighted by Crippen LogP contribution is 2.21. The minimum Gasteiger partial charge on any atom is -0.496 e. The second kappa shape index (κ2) is 9.56. The fourth-order valence-corrected chi connectivity index (χ4v) is 3.60. The van der Waals surface area contributed by atoms with Crippen LogP contribution in [0.5, 0.6) is 5.75 Å². The van der Waals surface area contributed by atoms with E-state index in [2.05, 4.69) is 12.1 Å². The third-order valence-electron chi connectivity index (χ3n) is 5.25. The molecule has 2 aromatic rings. The summed E-state index contributed by atoms with van der Waals surface area (Å²) >= 11 is 0. The van der Waals surface area contributed by atoms with Gasteiger partial charge in [0.05, 0.1) is 20.1 Å². The molecule has 0 N–H and O–H groups in total. The molecular formula is C23H29NO3. The zero-order chi connectivity index (χ0) is 19.1. The van der Waals surface area contributed by atoms with Crippen molar-refractivity contribution in [3.63, 3.8) is 0 Å². The van der Waals surface area contributed by atoms with Gasteiger partial charge in [-0.25, -0.2) is 0 Å². The van der Waals surface area contributed by atoms with E-state index in [1.807, 2.05) is 48.2 Å². The van der Waals surface area contributed by atoms with Crippen LogP contribution < -0.4 is 4.74 Å². The van der Waals surface area contributed by atoms with Crippen molar-refractivity contribution >= 4 is 5.91 Å². The summed E-state index contributed by atoms with van der Waals surface area (Å²) in [4.78, 5) is 14.6. The van der Waals surface area contributed by atoms with Gasteiger partial charge in [0.2, 0.25) is 5.91 Å². The van der Waals surface area contributed by atoms with Gasteiger partial charge in [0.15, 0.2) is 0 Å². The Morgan fingerprint density at radius 1 is 1.07 bits per heavy atom. The molecule has 144 valence electrons. The summed E-state index contributed by atoms with van der Waals surface area (Å²) in [5, 5.41) is 0. The lowest BCUT2D eigenvalue weighted by molar-refractivity contribution is -0.132. The number of methoxy groups -OCH3 is 1. The minimum absolute atomic E-state index is 0.211. The van der Waals surface area contributed by atoms with Crippen molar-refractivity contribution < 1.29 is 14.3 Å². The molecule has 2 aromatic carbocycles. The fourth-order valence-electron chi connectivity index (χ4n) is 3.60. The lowest BCUT2D eigenvalue weighted by Crippen LogP contribution is -2.40. The van der Waals surface area contributed by atoms with Gasteiger partial charge in [-0.15, -0.1) is 0 Å². The number of rotatable bonds is 7. The molecule has 1 heterocycles. The van der Waals surface area contributed by atoms with Crippen LogP contribution in [0.15, 0.2) is 48.5 Å². The number of piperidine rings is 1. The molecular weight excluding hydrogens is 338 g/mol. The topological polar surface area (TPSA) is 38.8 Å². The molecule has 0 bridgehead atoms. The van der Waals surface area contributed by atoms with Crippen molar-refractivity contribution in [3.05, 3.63) is 65.2 Å². The Morgan fingerprint density at radius 3 is 2.48 bits per heavy atom. The van der Waals surface area contributed by atoms with Crippen LogP contribution in [0.4, 0.5) is 0 Å². The molecule has 3 rings (SSSR count). The highest BCUT2D eigenvalue weighted by molar-refractivity contribution is 5.79. The van der Waals surface area contributed by atoms with Crippen molar-refractivity contribution in [2.75, 3.05) is 26.8 Å². The molecule has 4 heteroatoms. The van der Waals surface area contributed by atoms with Gasteiger partial charge < -0.3 is 14.4 Å². The molecule has 0 spiro atoms. The molecule has 0 radical (unpaired) electrons. The summed E-state index contributed by atoms with van der Waals surface area (Å²) in [6, 6.07) is 16.2. The maximum absolute atomic E-state index is 12.6. The molecule has 0 atom stereocenters. The monoisotopic (exact) mass is 367 g/mol. The van der Waals surface area contributed by atoms with E-state index in [0.29, 0.717) is 18.9 Å². The number of nitrogens with zero attached hydrogens (tertiary/aromatic N) is 1. The number of aryl methyl sites for hydroxylation is 1.